The van der Waals surface area contributed by atoms with Gasteiger partial charge in [-0.3, -0.25) is 9.69 Å². The minimum Gasteiger partial charge on any atom is -0.478 e. The van der Waals surface area contributed by atoms with Gasteiger partial charge in [0.15, 0.2) is 5.60 Å². The van der Waals surface area contributed by atoms with Crippen LogP contribution in [0, 0.1) is 13.8 Å². The molecule has 0 aromatic heterocycles. The second kappa shape index (κ2) is 11.0. The summed E-state index contributed by atoms with van der Waals surface area (Å²) in [7, 11) is 0. The lowest BCUT2D eigenvalue weighted by atomic mass is 10.1. The van der Waals surface area contributed by atoms with E-state index in [-0.39, 0.29) is 12.5 Å². The van der Waals surface area contributed by atoms with E-state index in [1.165, 1.54) is 13.8 Å². The van der Waals surface area contributed by atoms with Crippen LogP contribution in [-0.4, -0.2) is 34.0 Å². The van der Waals surface area contributed by atoms with Crippen molar-refractivity contribution in [2.24, 2.45) is 0 Å². The lowest BCUT2D eigenvalue weighted by Crippen LogP contribution is -2.37. The molecule has 3 rings (SSSR count). The quantitative estimate of drug-likeness (QED) is 0.436. The van der Waals surface area contributed by atoms with Gasteiger partial charge >= 0.3 is 5.97 Å². The highest BCUT2D eigenvalue weighted by Gasteiger charge is 2.29. The van der Waals surface area contributed by atoms with Crippen LogP contribution in [0.4, 0.5) is 5.69 Å². The summed E-state index contributed by atoms with van der Waals surface area (Å²) in [5.41, 5.74) is 3.80. The van der Waals surface area contributed by atoms with E-state index in [1.54, 1.807) is 12.1 Å². The Bertz CT molecular complexity index is 1120. The van der Waals surface area contributed by atoms with Crippen LogP contribution in [-0.2, 0) is 22.7 Å². The molecule has 0 bridgehead atoms. The third kappa shape index (κ3) is 7.18. The van der Waals surface area contributed by atoms with Crippen molar-refractivity contribution in [2.75, 3.05) is 11.9 Å². The van der Waals surface area contributed by atoms with E-state index in [0.29, 0.717) is 18.8 Å². The number of ether oxygens (including phenoxy) is 1. The predicted molar refractivity (Wildman–Crippen MR) is 134 cm³/mol. The first kappa shape index (κ1) is 25.0. The van der Waals surface area contributed by atoms with Crippen molar-refractivity contribution in [3.8, 4) is 5.75 Å². The third-order valence-electron chi connectivity index (χ3n) is 5.49. The van der Waals surface area contributed by atoms with Gasteiger partial charge in [0.2, 0.25) is 5.91 Å². The van der Waals surface area contributed by atoms with Crippen LogP contribution in [0.2, 0.25) is 0 Å². The molecule has 0 unspecified atom stereocenters. The Hall–Kier alpha value is -3.64. The summed E-state index contributed by atoms with van der Waals surface area (Å²) in [6.07, 6.45) is 0. The van der Waals surface area contributed by atoms with Gasteiger partial charge < -0.3 is 15.2 Å². The summed E-state index contributed by atoms with van der Waals surface area (Å²) in [5.74, 6) is -0.621. The zero-order valence-electron chi connectivity index (χ0n) is 20.2. The number of hydrogen-bond acceptors (Lipinski definition) is 4. The van der Waals surface area contributed by atoms with Crippen LogP contribution < -0.4 is 10.1 Å². The summed E-state index contributed by atoms with van der Waals surface area (Å²) >= 11 is 0. The summed E-state index contributed by atoms with van der Waals surface area (Å²) in [6, 6.07) is 23.3. The topological polar surface area (TPSA) is 78.9 Å². The standard InChI is InChI=1S/C28H32N2O4/c1-20-10-15-25(21(2)16-20)29-26(31)19-30(17-22-8-6-5-7-9-22)18-23-11-13-24(14-12-23)34-28(3,4)27(32)33/h5-16H,17-19H2,1-4H3,(H,29,31)(H,32,33). The maximum atomic E-state index is 12.9. The number of aliphatic carboxylic acids is 1. The Morgan fingerprint density at radius 3 is 2.12 bits per heavy atom. The molecule has 3 aromatic carbocycles. The number of anilines is 1. The maximum absolute atomic E-state index is 12.9. The summed E-state index contributed by atoms with van der Waals surface area (Å²) in [5, 5.41) is 12.3. The van der Waals surface area contributed by atoms with Crippen molar-refractivity contribution in [2.45, 2.75) is 46.4 Å². The highest BCUT2D eigenvalue weighted by atomic mass is 16.5. The molecule has 34 heavy (non-hydrogen) atoms. The molecule has 0 atom stereocenters. The number of amides is 1. The number of nitrogens with one attached hydrogen (secondary N) is 1. The number of aryl methyl sites for hydroxylation is 2. The molecule has 0 aliphatic carbocycles. The van der Waals surface area contributed by atoms with E-state index in [1.807, 2.05) is 74.5 Å². The van der Waals surface area contributed by atoms with Gasteiger partial charge in [0, 0.05) is 18.8 Å². The molecular weight excluding hydrogens is 428 g/mol. The number of carboxylic acids is 1. The fourth-order valence-corrected chi connectivity index (χ4v) is 3.62. The minimum absolute atomic E-state index is 0.0777. The van der Waals surface area contributed by atoms with Crippen molar-refractivity contribution in [1.82, 2.24) is 4.90 Å². The zero-order chi connectivity index (χ0) is 24.7. The van der Waals surface area contributed by atoms with Gasteiger partial charge in [0.25, 0.3) is 0 Å². The maximum Gasteiger partial charge on any atom is 0.347 e. The molecule has 0 spiro atoms. The molecule has 0 aliphatic rings. The molecule has 6 heteroatoms. The molecule has 0 radical (unpaired) electrons. The highest BCUT2D eigenvalue weighted by molar-refractivity contribution is 5.93. The molecule has 178 valence electrons. The van der Waals surface area contributed by atoms with Gasteiger partial charge in [-0.2, -0.15) is 0 Å². The molecule has 0 heterocycles. The number of rotatable bonds is 10. The molecule has 0 saturated heterocycles. The van der Waals surface area contributed by atoms with Crippen LogP contribution in [0.5, 0.6) is 5.75 Å². The average molecular weight is 461 g/mol. The van der Waals surface area contributed by atoms with Crippen LogP contribution in [0.3, 0.4) is 0 Å². The molecule has 1 amide bonds. The first-order valence-electron chi connectivity index (χ1n) is 11.3. The third-order valence-corrected chi connectivity index (χ3v) is 5.49. The number of carbonyl (C=O) groups excluding carboxylic acids is 1. The van der Waals surface area contributed by atoms with Gasteiger partial charge in [-0.1, -0.05) is 60.2 Å². The van der Waals surface area contributed by atoms with Crippen molar-refractivity contribution >= 4 is 17.6 Å². The van der Waals surface area contributed by atoms with Crippen molar-refractivity contribution < 1.29 is 19.4 Å². The highest BCUT2D eigenvalue weighted by Crippen LogP contribution is 2.21. The van der Waals surface area contributed by atoms with Gasteiger partial charge in [0.1, 0.15) is 5.75 Å². The number of carbonyl (C=O) groups is 2. The van der Waals surface area contributed by atoms with Gasteiger partial charge in [-0.15, -0.1) is 0 Å². The van der Waals surface area contributed by atoms with E-state index in [9.17, 15) is 14.7 Å². The summed E-state index contributed by atoms with van der Waals surface area (Å²) < 4.78 is 5.59. The largest absolute Gasteiger partial charge is 0.478 e. The minimum atomic E-state index is -1.31. The number of nitrogens with zero attached hydrogens (tertiary/aromatic N) is 1. The Morgan fingerprint density at radius 2 is 1.53 bits per heavy atom. The molecule has 0 fully saturated rings. The SMILES string of the molecule is Cc1ccc(NC(=O)CN(Cc2ccccc2)Cc2ccc(OC(C)(C)C(=O)O)cc2)c(C)c1. The first-order valence-corrected chi connectivity index (χ1v) is 11.3. The lowest BCUT2D eigenvalue weighted by Gasteiger charge is -2.24. The Morgan fingerprint density at radius 1 is 0.912 bits per heavy atom. The van der Waals surface area contributed by atoms with Crippen LogP contribution in [0.1, 0.15) is 36.1 Å². The second-order valence-corrected chi connectivity index (χ2v) is 9.06. The number of benzene rings is 3. The van der Waals surface area contributed by atoms with E-state index in [2.05, 4.69) is 10.2 Å². The first-order chi connectivity index (χ1) is 16.1. The van der Waals surface area contributed by atoms with Crippen molar-refractivity contribution in [1.29, 1.82) is 0 Å². The normalized spacial score (nSPS) is 11.3. The van der Waals surface area contributed by atoms with Crippen LogP contribution in [0.15, 0.2) is 72.8 Å². The number of carboxylic acid groups (broad SMARTS) is 1. The Labute approximate surface area is 201 Å². The second-order valence-electron chi connectivity index (χ2n) is 9.06. The molecule has 0 saturated carbocycles. The van der Waals surface area contributed by atoms with Crippen molar-refractivity contribution in [3.63, 3.8) is 0 Å². The van der Waals surface area contributed by atoms with Crippen LogP contribution >= 0.6 is 0 Å². The average Bonchev–Trinajstić information content (AvgIpc) is 2.77. The molecule has 0 aliphatic heterocycles. The van der Waals surface area contributed by atoms with E-state index >= 15 is 0 Å². The number of hydrogen-bond donors (Lipinski definition) is 2. The Kier molecular flexibility index (Phi) is 8.08. The fraction of sp³-hybridized carbons (Fsp3) is 0.286. The van der Waals surface area contributed by atoms with E-state index in [4.69, 9.17) is 4.74 Å². The van der Waals surface area contributed by atoms with Crippen LogP contribution in [0.25, 0.3) is 0 Å². The van der Waals surface area contributed by atoms with Gasteiger partial charge in [0.05, 0.1) is 6.54 Å². The Balaban J connectivity index is 1.71. The summed E-state index contributed by atoms with van der Waals surface area (Å²) in [4.78, 5) is 26.3. The van der Waals surface area contributed by atoms with E-state index in [0.717, 1.165) is 27.9 Å². The van der Waals surface area contributed by atoms with E-state index < -0.39 is 11.6 Å². The molecular formula is C28H32N2O4. The predicted octanol–water partition coefficient (Wildman–Crippen LogP) is 5.19. The molecule has 3 aromatic rings. The lowest BCUT2D eigenvalue weighted by molar-refractivity contribution is -0.152. The molecule has 2 N–H and O–H groups in total. The summed E-state index contributed by atoms with van der Waals surface area (Å²) in [6.45, 7) is 8.44. The monoisotopic (exact) mass is 460 g/mol. The van der Waals surface area contributed by atoms with Crippen molar-refractivity contribution in [3.05, 3.63) is 95.1 Å². The zero-order valence-corrected chi connectivity index (χ0v) is 20.2. The van der Waals surface area contributed by atoms with Gasteiger partial charge in [-0.05, 0) is 62.6 Å². The fourth-order valence-electron chi connectivity index (χ4n) is 3.62. The smallest absolute Gasteiger partial charge is 0.347 e. The van der Waals surface area contributed by atoms with Gasteiger partial charge in [-0.25, -0.2) is 4.79 Å². The molecule has 6 nitrogen and oxygen atoms in total.